The van der Waals surface area contributed by atoms with Crippen molar-refractivity contribution in [3.8, 4) is 0 Å². The molecule has 0 spiro atoms. The molecule has 0 saturated carbocycles. The summed E-state index contributed by atoms with van der Waals surface area (Å²) in [4.78, 5) is 22.8. The number of nitrogens with one attached hydrogen (secondary N) is 1. The van der Waals surface area contributed by atoms with Gasteiger partial charge in [0.25, 0.3) is 0 Å². The van der Waals surface area contributed by atoms with Crippen molar-refractivity contribution >= 4 is 11.9 Å². The summed E-state index contributed by atoms with van der Waals surface area (Å²) in [6.07, 6.45) is 0.218. The number of ether oxygens (including phenoxy) is 1. The predicted molar refractivity (Wildman–Crippen MR) is 69.1 cm³/mol. The van der Waals surface area contributed by atoms with Crippen LogP contribution >= 0.6 is 0 Å². The third-order valence-corrected chi connectivity index (χ3v) is 2.78. The van der Waals surface area contributed by atoms with Crippen LogP contribution in [0.3, 0.4) is 0 Å². The van der Waals surface area contributed by atoms with Crippen LogP contribution in [0.1, 0.15) is 25.8 Å². The number of amides is 1. The zero-order valence-corrected chi connectivity index (χ0v) is 10.8. The van der Waals surface area contributed by atoms with Crippen molar-refractivity contribution in [2.45, 2.75) is 26.9 Å². The number of carbonyl (C=O) groups is 2. The summed E-state index contributed by atoms with van der Waals surface area (Å²) < 4.78 is 4.99. The molecule has 0 aliphatic heterocycles. The van der Waals surface area contributed by atoms with Gasteiger partial charge < -0.3 is 10.1 Å². The molecule has 1 N–H and O–H groups in total. The van der Waals surface area contributed by atoms with Gasteiger partial charge in [-0.05, 0) is 12.0 Å². The molecule has 98 valence electrons. The standard InChI is InChI=1S/C14H19NO3/c1-3-11(2)13(16)9-15-14(17)18-10-12-7-5-4-6-8-12/h4-8,11H,3,9-10H2,1-2H3,(H,15,17). The van der Waals surface area contributed by atoms with Gasteiger partial charge in [-0.15, -0.1) is 0 Å². The van der Waals surface area contributed by atoms with Crippen molar-refractivity contribution in [2.24, 2.45) is 5.92 Å². The molecular weight excluding hydrogens is 230 g/mol. The zero-order chi connectivity index (χ0) is 13.4. The maximum Gasteiger partial charge on any atom is 0.407 e. The molecule has 0 fully saturated rings. The van der Waals surface area contributed by atoms with Gasteiger partial charge in [0.05, 0.1) is 6.54 Å². The van der Waals surface area contributed by atoms with Crippen LogP contribution < -0.4 is 5.32 Å². The Labute approximate surface area is 107 Å². The van der Waals surface area contributed by atoms with Crippen LogP contribution in [0.15, 0.2) is 30.3 Å². The minimum atomic E-state index is -0.560. The van der Waals surface area contributed by atoms with Crippen LogP contribution in [0, 0.1) is 5.92 Å². The first-order chi connectivity index (χ1) is 8.63. The number of ketones is 1. The van der Waals surface area contributed by atoms with E-state index in [0.29, 0.717) is 0 Å². The van der Waals surface area contributed by atoms with Gasteiger partial charge in [0.15, 0.2) is 5.78 Å². The summed E-state index contributed by atoms with van der Waals surface area (Å²) in [5.74, 6) is -0.00594. The Balaban J connectivity index is 2.24. The van der Waals surface area contributed by atoms with Crippen molar-refractivity contribution in [3.05, 3.63) is 35.9 Å². The molecule has 0 bridgehead atoms. The lowest BCUT2D eigenvalue weighted by molar-refractivity contribution is -0.121. The van der Waals surface area contributed by atoms with Gasteiger partial charge in [-0.25, -0.2) is 4.79 Å². The minimum absolute atomic E-state index is 0.0224. The molecule has 1 atom stereocenters. The van der Waals surface area contributed by atoms with Crippen molar-refractivity contribution in [1.29, 1.82) is 0 Å². The van der Waals surface area contributed by atoms with E-state index in [0.717, 1.165) is 12.0 Å². The first-order valence-electron chi connectivity index (χ1n) is 6.10. The number of rotatable bonds is 6. The Morgan fingerprint density at radius 2 is 1.94 bits per heavy atom. The Bertz CT molecular complexity index is 389. The molecular formula is C14H19NO3. The summed E-state index contributed by atoms with van der Waals surface area (Å²) in [5.41, 5.74) is 0.918. The Morgan fingerprint density at radius 3 is 2.56 bits per heavy atom. The first kappa shape index (κ1) is 14.2. The van der Waals surface area contributed by atoms with Gasteiger partial charge in [-0.2, -0.15) is 0 Å². The van der Waals surface area contributed by atoms with Crippen LogP contribution in [0.2, 0.25) is 0 Å². The summed E-state index contributed by atoms with van der Waals surface area (Å²) in [6.45, 7) is 4.03. The van der Waals surface area contributed by atoms with Crippen LogP contribution in [0.25, 0.3) is 0 Å². The van der Waals surface area contributed by atoms with Crippen LogP contribution in [0.4, 0.5) is 4.79 Å². The van der Waals surface area contributed by atoms with E-state index in [9.17, 15) is 9.59 Å². The molecule has 0 saturated heterocycles. The lowest BCUT2D eigenvalue weighted by Gasteiger charge is -2.09. The maximum atomic E-state index is 11.5. The highest BCUT2D eigenvalue weighted by Gasteiger charge is 2.12. The van der Waals surface area contributed by atoms with E-state index >= 15 is 0 Å². The molecule has 0 radical (unpaired) electrons. The van der Waals surface area contributed by atoms with Crippen molar-refractivity contribution in [3.63, 3.8) is 0 Å². The molecule has 1 rings (SSSR count). The van der Waals surface area contributed by atoms with Crippen LogP contribution in [0.5, 0.6) is 0 Å². The molecule has 1 aromatic carbocycles. The highest BCUT2D eigenvalue weighted by Crippen LogP contribution is 2.02. The molecule has 1 aromatic rings. The number of alkyl carbamates (subject to hydrolysis) is 1. The molecule has 1 unspecified atom stereocenters. The number of hydrogen-bond acceptors (Lipinski definition) is 3. The first-order valence-corrected chi connectivity index (χ1v) is 6.10. The van der Waals surface area contributed by atoms with Gasteiger partial charge in [0.2, 0.25) is 0 Å². The van der Waals surface area contributed by atoms with E-state index in [1.54, 1.807) is 0 Å². The van der Waals surface area contributed by atoms with Crippen molar-refractivity contribution < 1.29 is 14.3 Å². The fraction of sp³-hybridized carbons (Fsp3) is 0.429. The lowest BCUT2D eigenvalue weighted by Crippen LogP contribution is -2.32. The molecule has 4 heteroatoms. The highest BCUT2D eigenvalue weighted by atomic mass is 16.5. The van der Waals surface area contributed by atoms with E-state index in [2.05, 4.69) is 5.32 Å². The Kier molecular flexibility index (Phi) is 5.91. The molecule has 0 aliphatic rings. The number of benzene rings is 1. The molecule has 18 heavy (non-hydrogen) atoms. The second-order valence-electron chi connectivity index (χ2n) is 4.19. The summed E-state index contributed by atoms with van der Waals surface area (Å²) in [5, 5.41) is 2.46. The summed E-state index contributed by atoms with van der Waals surface area (Å²) in [7, 11) is 0. The average Bonchev–Trinajstić information content (AvgIpc) is 2.42. The van der Waals surface area contributed by atoms with Gasteiger partial charge >= 0.3 is 6.09 Å². The quantitative estimate of drug-likeness (QED) is 0.842. The van der Waals surface area contributed by atoms with Gasteiger partial charge in [0.1, 0.15) is 6.61 Å². The lowest BCUT2D eigenvalue weighted by atomic mass is 10.0. The smallest absolute Gasteiger partial charge is 0.407 e. The van der Waals surface area contributed by atoms with E-state index in [1.165, 1.54) is 0 Å². The Morgan fingerprint density at radius 1 is 1.28 bits per heavy atom. The van der Waals surface area contributed by atoms with Gasteiger partial charge in [-0.1, -0.05) is 44.2 Å². The third-order valence-electron chi connectivity index (χ3n) is 2.78. The Hall–Kier alpha value is -1.84. The van der Waals surface area contributed by atoms with E-state index in [-0.39, 0.29) is 24.9 Å². The number of carbonyl (C=O) groups excluding carboxylic acids is 2. The average molecular weight is 249 g/mol. The minimum Gasteiger partial charge on any atom is -0.445 e. The fourth-order valence-corrected chi connectivity index (χ4v) is 1.34. The monoisotopic (exact) mass is 249 g/mol. The SMILES string of the molecule is CCC(C)C(=O)CNC(=O)OCc1ccccc1. The highest BCUT2D eigenvalue weighted by molar-refractivity contribution is 5.85. The predicted octanol–water partition coefficient (Wildman–Crippen LogP) is 2.53. The fourth-order valence-electron chi connectivity index (χ4n) is 1.34. The molecule has 0 aromatic heterocycles. The van der Waals surface area contributed by atoms with Crippen LogP contribution in [-0.2, 0) is 16.1 Å². The van der Waals surface area contributed by atoms with E-state index < -0.39 is 6.09 Å². The largest absolute Gasteiger partial charge is 0.445 e. The molecule has 0 aliphatic carbocycles. The van der Waals surface area contributed by atoms with Gasteiger partial charge in [0, 0.05) is 5.92 Å². The number of hydrogen-bond donors (Lipinski definition) is 1. The maximum absolute atomic E-state index is 11.5. The van der Waals surface area contributed by atoms with E-state index in [1.807, 2.05) is 44.2 Å². The second-order valence-corrected chi connectivity index (χ2v) is 4.19. The zero-order valence-electron chi connectivity index (χ0n) is 10.8. The third kappa shape index (κ3) is 4.99. The normalized spacial score (nSPS) is 11.7. The van der Waals surface area contributed by atoms with E-state index in [4.69, 9.17) is 4.74 Å². The van der Waals surface area contributed by atoms with Crippen LogP contribution in [-0.4, -0.2) is 18.4 Å². The second kappa shape index (κ2) is 7.48. The number of Topliss-reactive ketones (excluding diaryl/α,β-unsaturated/α-hetero) is 1. The summed E-state index contributed by atoms with van der Waals surface area (Å²) in [6, 6.07) is 9.40. The topological polar surface area (TPSA) is 55.4 Å². The van der Waals surface area contributed by atoms with Gasteiger partial charge in [-0.3, -0.25) is 4.79 Å². The molecule has 0 heterocycles. The molecule has 4 nitrogen and oxygen atoms in total. The molecule has 1 amide bonds. The van der Waals surface area contributed by atoms with Crippen molar-refractivity contribution in [1.82, 2.24) is 5.32 Å². The van der Waals surface area contributed by atoms with Crippen molar-refractivity contribution in [2.75, 3.05) is 6.54 Å². The summed E-state index contributed by atoms with van der Waals surface area (Å²) >= 11 is 0.